The van der Waals surface area contributed by atoms with Gasteiger partial charge in [-0.2, -0.15) is 10.4 Å². The summed E-state index contributed by atoms with van der Waals surface area (Å²) in [5.41, 5.74) is 2.82. The Morgan fingerprint density at radius 3 is 2.81 bits per heavy atom. The summed E-state index contributed by atoms with van der Waals surface area (Å²) < 4.78 is 8.57. The molecule has 1 aliphatic rings. The molecule has 3 heterocycles. The summed E-state index contributed by atoms with van der Waals surface area (Å²) in [5, 5.41) is 21.0. The number of ether oxygens (including phenoxy) is 1. The van der Waals surface area contributed by atoms with Gasteiger partial charge in [0.25, 0.3) is 0 Å². The second-order valence-electron chi connectivity index (χ2n) is 5.94. The molecule has 9 heteroatoms. The van der Waals surface area contributed by atoms with Gasteiger partial charge in [-0.1, -0.05) is 17.3 Å². The van der Waals surface area contributed by atoms with Crippen LogP contribution in [0.5, 0.6) is 0 Å². The van der Waals surface area contributed by atoms with E-state index in [4.69, 9.17) is 10.00 Å². The lowest BCUT2D eigenvalue weighted by Gasteiger charge is -2.13. The van der Waals surface area contributed by atoms with Crippen LogP contribution < -0.4 is 4.90 Å². The Balaban J connectivity index is 1.49. The van der Waals surface area contributed by atoms with Crippen molar-refractivity contribution in [3.63, 3.8) is 0 Å². The highest BCUT2D eigenvalue weighted by atomic mass is 16.6. The van der Waals surface area contributed by atoms with E-state index in [1.54, 1.807) is 35.1 Å². The molecule has 4 rings (SSSR count). The van der Waals surface area contributed by atoms with Crippen LogP contribution in [0.2, 0.25) is 0 Å². The van der Waals surface area contributed by atoms with Crippen LogP contribution in [0, 0.1) is 11.3 Å². The number of hydrogen-bond donors (Lipinski definition) is 0. The molecular weight excluding hydrogens is 334 g/mol. The van der Waals surface area contributed by atoms with Gasteiger partial charge in [-0.25, -0.2) is 9.48 Å². The van der Waals surface area contributed by atoms with Crippen molar-refractivity contribution < 1.29 is 9.53 Å². The van der Waals surface area contributed by atoms with Crippen LogP contribution in [-0.4, -0.2) is 43.5 Å². The predicted octanol–water partition coefficient (Wildman–Crippen LogP) is 1.58. The van der Waals surface area contributed by atoms with Crippen LogP contribution in [0.4, 0.5) is 10.5 Å². The second kappa shape index (κ2) is 6.33. The molecule has 1 atom stereocenters. The fraction of sp³-hybridized carbons (Fsp3) is 0.235. The van der Waals surface area contributed by atoms with E-state index in [1.807, 2.05) is 24.3 Å². The summed E-state index contributed by atoms with van der Waals surface area (Å²) in [4.78, 5) is 13.7. The maximum atomic E-state index is 12.2. The van der Waals surface area contributed by atoms with E-state index in [0.717, 1.165) is 11.3 Å². The minimum Gasteiger partial charge on any atom is -0.442 e. The van der Waals surface area contributed by atoms with Crippen molar-refractivity contribution in [1.29, 1.82) is 5.26 Å². The number of aryl methyl sites for hydroxylation is 1. The zero-order chi connectivity index (χ0) is 18.1. The van der Waals surface area contributed by atoms with Crippen molar-refractivity contribution in [2.24, 2.45) is 7.05 Å². The van der Waals surface area contributed by atoms with Crippen LogP contribution in [0.25, 0.3) is 11.3 Å². The van der Waals surface area contributed by atoms with E-state index in [1.165, 1.54) is 4.68 Å². The number of aromatic nitrogens is 5. The lowest BCUT2D eigenvalue weighted by molar-refractivity contribution is 0.129. The molecule has 1 fully saturated rings. The third-order valence-corrected chi connectivity index (χ3v) is 4.21. The lowest BCUT2D eigenvalue weighted by Crippen LogP contribution is -2.26. The molecule has 26 heavy (non-hydrogen) atoms. The van der Waals surface area contributed by atoms with Gasteiger partial charge in [0, 0.05) is 30.6 Å². The van der Waals surface area contributed by atoms with Gasteiger partial charge < -0.3 is 4.74 Å². The first-order chi connectivity index (χ1) is 12.6. The Morgan fingerprint density at radius 2 is 2.15 bits per heavy atom. The summed E-state index contributed by atoms with van der Waals surface area (Å²) in [6, 6.07) is 11.2. The highest BCUT2D eigenvalue weighted by Crippen LogP contribution is 2.26. The first-order valence-electron chi connectivity index (χ1n) is 8.01. The second-order valence-corrected chi connectivity index (χ2v) is 5.94. The van der Waals surface area contributed by atoms with Crippen LogP contribution >= 0.6 is 0 Å². The summed E-state index contributed by atoms with van der Waals surface area (Å²) in [6.07, 6.45) is 2.65. The van der Waals surface area contributed by atoms with E-state index in [9.17, 15) is 4.79 Å². The highest BCUT2D eigenvalue weighted by Gasteiger charge is 2.32. The number of anilines is 1. The Morgan fingerprint density at radius 1 is 1.35 bits per heavy atom. The zero-order valence-corrected chi connectivity index (χ0v) is 14.0. The standard InChI is InChI=1S/C17H15N7O2/c1-22-14(9-18)8-16(20-22)12-2-4-13(5-3-12)24-11-15(26-17(24)25)10-23-7-6-19-21-23/h2-8,15H,10-11H2,1H3. The molecule has 130 valence electrons. The van der Waals surface area contributed by atoms with Crippen molar-refractivity contribution >= 4 is 11.8 Å². The smallest absolute Gasteiger partial charge is 0.414 e. The third kappa shape index (κ3) is 2.88. The Bertz CT molecular complexity index is 970. The van der Waals surface area contributed by atoms with Gasteiger partial charge in [-0.3, -0.25) is 9.58 Å². The molecule has 1 aliphatic heterocycles. The van der Waals surface area contributed by atoms with Gasteiger partial charge in [-0.05, 0) is 12.1 Å². The van der Waals surface area contributed by atoms with Crippen molar-refractivity contribution in [2.75, 3.05) is 11.4 Å². The van der Waals surface area contributed by atoms with E-state index in [-0.39, 0.29) is 12.2 Å². The number of cyclic esters (lactones) is 1. The number of nitriles is 1. The van der Waals surface area contributed by atoms with Crippen LogP contribution in [0.1, 0.15) is 5.69 Å². The summed E-state index contributed by atoms with van der Waals surface area (Å²) in [5.74, 6) is 0. The van der Waals surface area contributed by atoms with E-state index >= 15 is 0 Å². The number of hydrogen-bond acceptors (Lipinski definition) is 6. The topological polar surface area (TPSA) is 102 Å². The van der Waals surface area contributed by atoms with Gasteiger partial charge in [0.1, 0.15) is 17.9 Å². The largest absolute Gasteiger partial charge is 0.442 e. The summed E-state index contributed by atoms with van der Waals surface area (Å²) in [6.45, 7) is 0.908. The van der Waals surface area contributed by atoms with Gasteiger partial charge in [0.2, 0.25) is 0 Å². The molecule has 3 aromatic rings. The van der Waals surface area contributed by atoms with Gasteiger partial charge in [0.15, 0.2) is 0 Å². The molecule has 0 N–H and O–H groups in total. The Kier molecular flexibility index (Phi) is 3.85. The van der Waals surface area contributed by atoms with Crippen molar-refractivity contribution in [3.8, 4) is 17.3 Å². The van der Waals surface area contributed by atoms with E-state index in [0.29, 0.717) is 24.5 Å². The normalized spacial score (nSPS) is 16.5. The minimum atomic E-state index is -0.382. The number of amides is 1. The van der Waals surface area contributed by atoms with Crippen LogP contribution in [0.3, 0.4) is 0 Å². The van der Waals surface area contributed by atoms with E-state index in [2.05, 4.69) is 21.5 Å². The SMILES string of the molecule is Cn1nc(-c2ccc(N3CC(Cn4ccnn4)OC3=O)cc2)cc1C#N. The van der Waals surface area contributed by atoms with Crippen molar-refractivity contribution in [2.45, 2.75) is 12.6 Å². The molecule has 0 radical (unpaired) electrons. The molecule has 9 nitrogen and oxygen atoms in total. The molecule has 1 amide bonds. The van der Waals surface area contributed by atoms with Crippen LogP contribution in [-0.2, 0) is 18.3 Å². The molecule has 0 bridgehead atoms. The predicted molar refractivity (Wildman–Crippen MR) is 91.0 cm³/mol. The number of carbonyl (C=O) groups excluding carboxylic acids is 1. The Labute approximate surface area is 149 Å². The monoisotopic (exact) mass is 349 g/mol. The first-order valence-corrected chi connectivity index (χ1v) is 8.01. The first kappa shape index (κ1) is 15.8. The molecule has 0 spiro atoms. The lowest BCUT2D eigenvalue weighted by atomic mass is 10.1. The number of nitrogens with zero attached hydrogens (tertiary/aromatic N) is 7. The molecule has 1 unspecified atom stereocenters. The summed E-state index contributed by atoms with van der Waals surface area (Å²) >= 11 is 0. The number of benzene rings is 1. The number of rotatable bonds is 4. The molecule has 0 aliphatic carbocycles. The number of carbonyl (C=O) groups is 1. The van der Waals surface area contributed by atoms with Crippen molar-refractivity contribution in [3.05, 3.63) is 48.4 Å². The summed E-state index contributed by atoms with van der Waals surface area (Å²) in [7, 11) is 1.73. The third-order valence-electron chi connectivity index (χ3n) is 4.21. The van der Waals surface area contributed by atoms with E-state index < -0.39 is 0 Å². The Hall–Kier alpha value is -3.67. The zero-order valence-electron chi connectivity index (χ0n) is 14.0. The average Bonchev–Trinajstić information content (AvgIpc) is 3.36. The molecular formula is C17H15N7O2. The fourth-order valence-corrected chi connectivity index (χ4v) is 2.89. The fourth-order valence-electron chi connectivity index (χ4n) is 2.89. The quantitative estimate of drug-likeness (QED) is 0.708. The van der Waals surface area contributed by atoms with Gasteiger partial charge in [-0.15, -0.1) is 5.10 Å². The van der Waals surface area contributed by atoms with Gasteiger partial charge >= 0.3 is 6.09 Å². The average molecular weight is 349 g/mol. The molecule has 2 aromatic heterocycles. The molecule has 1 saturated heterocycles. The highest BCUT2D eigenvalue weighted by molar-refractivity contribution is 5.90. The van der Waals surface area contributed by atoms with Gasteiger partial charge in [0.05, 0.1) is 25.0 Å². The molecule has 1 aromatic carbocycles. The minimum absolute atomic E-state index is 0.280. The van der Waals surface area contributed by atoms with Crippen LogP contribution in [0.15, 0.2) is 42.7 Å². The maximum absolute atomic E-state index is 12.2. The maximum Gasteiger partial charge on any atom is 0.414 e. The van der Waals surface area contributed by atoms with Crippen molar-refractivity contribution in [1.82, 2.24) is 24.8 Å². The molecule has 0 saturated carbocycles.